The third-order valence-electron chi connectivity index (χ3n) is 3.47. The summed E-state index contributed by atoms with van der Waals surface area (Å²) in [6.45, 7) is 5.03. The number of hydrogen-bond acceptors (Lipinski definition) is 5. The van der Waals surface area contributed by atoms with Gasteiger partial charge in [0.1, 0.15) is 12.1 Å². The summed E-state index contributed by atoms with van der Waals surface area (Å²) in [5, 5.41) is 3.35. The number of fused-ring (bicyclic) bond motifs is 1. The molecular formula is C14H23N5O. The van der Waals surface area contributed by atoms with Crippen molar-refractivity contribution in [3.63, 3.8) is 0 Å². The number of nitrogens with one attached hydrogen (secondary N) is 1. The number of nitrogens with zero attached hydrogens (tertiary/aromatic N) is 4. The lowest BCUT2D eigenvalue weighted by molar-refractivity contribution is -0.127. The zero-order chi connectivity index (χ0) is 14.5. The lowest BCUT2D eigenvalue weighted by atomic mass is 10.1. The Hall–Kier alpha value is -1.69. The Morgan fingerprint density at radius 3 is 2.90 bits per heavy atom. The fraction of sp³-hybridized carbons (Fsp3) is 0.643. The zero-order valence-electron chi connectivity index (χ0n) is 12.5. The molecule has 1 aromatic rings. The summed E-state index contributed by atoms with van der Waals surface area (Å²) in [5.41, 5.74) is 2.24. The number of carbonyl (C=O) groups is 1. The van der Waals surface area contributed by atoms with Crippen LogP contribution in [-0.2, 0) is 17.8 Å². The van der Waals surface area contributed by atoms with Crippen molar-refractivity contribution in [2.45, 2.75) is 26.3 Å². The van der Waals surface area contributed by atoms with E-state index in [0.29, 0.717) is 6.54 Å². The van der Waals surface area contributed by atoms with Crippen molar-refractivity contribution in [1.82, 2.24) is 20.2 Å². The third-order valence-corrected chi connectivity index (χ3v) is 3.47. The topological polar surface area (TPSA) is 61.4 Å². The van der Waals surface area contributed by atoms with Gasteiger partial charge in [-0.15, -0.1) is 0 Å². The van der Waals surface area contributed by atoms with Gasteiger partial charge in [0.15, 0.2) is 0 Å². The Morgan fingerprint density at radius 2 is 2.20 bits per heavy atom. The predicted octanol–water partition coefficient (Wildman–Crippen LogP) is 0.427. The van der Waals surface area contributed by atoms with Gasteiger partial charge in [0.05, 0.1) is 12.2 Å². The van der Waals surface area contributed by atoms with Crippen LogP contribution in [0, 0.1) is 0 Å². The van der Waals surface area contributed by atoms with E-state index in [1.54, 1.807) is 25.3 Å². The first-order valence-corrected chi connectivity index (χ1v) is 7.12. The van der Waals surface area contributed by atoms with E-state index < -0.39 is 0 Å². The molecule has 0 saturated heterocycles. The molecule has 110 valence electrons. The van der Waals surface area contributed by atoms with Crippen molar-refractivity contribution in [2.75, 3.05) is 38.6 Å². The van der Waals surface area contributed by atoms with Crippen LogP contribution < -0.4 is 10.2 Å². The predicted molar refractivity (Wildman–Crippen MR) is 78.6 cm³/mol. The van der Waals surface area contributed by atoms with Gasteiger partial charge < -0.3 is 15.1 Å². The average Bonchev–Trinajstić information content (AvgIpc) is 2.46. The molecule has 20 heavy (non-hydrogen) atoms. The molecule has 0 saturated carbocycles. The van der Waals surface area contributed by atoms with E-state index in [2.05, 4.69) is 27.1 Å². The Bertz CT molecular complexity index is 475. The standard InChI is InChI=1S/C14H23N5O/c1-4-7-19(9-13(20)18(2)3)14-11-8-15-6-5-12(11)16-10-17-14/h10,15H,4-9H2,1-3H3. The van der Waals surface area contributed by atoms with Crippen LogP contribution in [0.5, 0.6) is 0 Å². The molecular weight excluding hydrogens is 254 g/mol. The van der Waals surface area contributed by atoms with Gasteiger partial charge in [0, 0.05) is 45.7 Å². The normalized spacial score (nSPS) is 13.8. The van der Waals surface area contributed by atoms with Crippen molar-refractivity contribution in [2.24, 2.45) is 0 Å². The van der Waals surface area contributed by atoms with Crippen molar-refractivity contribution in [1.29, 1.82) is 0 Å². The first-order chi connectivity index (χ1) is 9.63. The Balaban J connectivity index is 2.27. The molecule has 1 N–H and O–H groups in total. The van der Waals surface area contributed by atoms with E-state index in [1.807, 2.05) is 0 Å². The molecule has 0 aromatic carbocycles. The Morgan fingerprint density at radius 1 is 1.40 bits per heavy atom. The molecule has 1 aliphatic heterocycles. The fourth-order valence-corrected chi connectivity index (χ4v) is 2.36. The summed E-state index contributed by atoms with van der Waals surface area (Å²) in [6.07, 6.45) is 3.52. The molecule has 0 spiro atoms. The van der Waals surface area contributed by atoms with Gasteiger partial charge in [0.2, 0.25) is 5.91 Å². The fourth-order valence-electron chi connectivity index (χ4n) is 2.36. The van der Waals surface area contributed by atoms with Crippen LogP contribution in [-0.4, -0.2) is 54.5 Å². The van der Waals surface area contributed by atoms with Gasteiger partial charge in [-0.3, -0.25) is 4.79 Å². The average molecular weight is 277 g/mol. The highest BCUT2D eigenvalue weighted by atomic mass is 16.2. The lowest BCUT2D eigenvalue weighted by Gasteiger charge is -2.28. The second kappa shape index (κ2) is 6.65. The molecule has 2 rings (SSSR count). The molecule has 6 heteroatoms. The number of anilines is 1. The minimum Gasteiger partial charge on any atom is -0.347 e. The minimum atomic E-state index is 0.0922. The Labute approximate surface area is 120 Å². The SMILES string of the molecule is CCCN(CC(=O)N(C)C)c1ncnc2c1CNCC2. The number of hydrogen-bond donors (Lipinski definition) is 1. The molecule has 2 heterocycles. The molecule has 0 unspecified atom stereocenters. The van der Waals surface area contributed by atoms with Gasteiger partial charge in [-0.2, -0.15) is 0 Å². The van der Waals surface area contributed by atoms with Gasteiger partial charge in [-0.05, 0) is 6.42 Å². The second-order valence-corrected chi connectivity index (χ2v) is 5.26. The van der Waals surface area contributed by atoms with Crippen molar-refractivity contribution in [3.05, 3.63) is 17.6 Å². The smallest absolute Gasteiger partial charge is 0.241 e. The lowest BCUT2D eigenvalue weighted by Crippen LogP contribution is -2.39. The minimum absolute atomic E-state index is 0.0922. The van der Waals surface area contributed by atoms with Crippen LogP contribution in [0.15, 0.2) is 6.33 Å². The first kappa shape index (κ1) is 14.7. The van der Waals surface area contributed by atoms with Crippen LogP contribution >= 0.6 is 0 Å². The van der Waals surface area contributed by atoms with Crippen LogP contribution in [0.3, 0.4) is 0 Å². The maximum Gasteiger partial charge on any atom is 0.241 e. The Kier molecular flexibility index (Phi) is 4.89. The van der Waals surface area contributed by atoms with Crippen molar-refractivity contribution >= 4 is 11.7 Å². The largest absolute Gasteiger partial charge is 0.347 e. The summed E-state index contributed by atoms with van der Waals surface area (Å²) in [5.74, 6) is 0.994. The maximum atomic E-state index is 12.0. The monoisotopic (exact) mass is 277 g/mol. The molecule has 1 amide bonds. The summed E-state index contributed by atoms with van der Waals surface area (Å²) in [4.78, 5) is 24.5. The van der Waals surface area contributed by atoms with E-state index in [-0.39, 0.29) is 5.91 Å². The maximum absolute atomic E-state index is 12.0. The van der Waals surface area contributed by atoms with Crippen LogP contribution in [0.1, 0.15) is 24.6 Å². The molecule has 0 bridgehead atoms. The van der Waals surface area contributed by atoms with Crippen LogP contribution in [0.4, 0.5) is 5.82 Å². The van der Waals surface area contributed by atoms with Crippen LogP contribution in [0.2, 0.25) is 0 Å². The van der Waals surface area contributed by atoms with E-state index in [4.69, 9.17) is 0 Å². The van der Waals surface area contributed by atoms with Gasteiger partial charge in [0.25, 0.3) is 0 Å². The van der Waals surface area contributed by atoms with E-state index in [1.165, 1.54) is 0 Å². The zero-order valence-corrected chi connectivity index (χ0v) is 12.5. The number of amides is 1. The van der Waals surface area contributed by atoms with Crippen molar-refractivity contribution < 1.29 is 4.79 Å². The number of aromatic nitrogens is 2. The summed E-state index contributed by atoms with van der Waals surface area (Å²) in [6, 6.07) is 0. The molecule has 6 nitrogen and oxygen atoms in total. The van der Waals surface area contributed by atoms with E-state index >= 15 is 0 Å². The molecule has 0 aliphatic carbocycles. The van der Waals surface area contributed by atoms with Crippen LogP contribution in [0.25, 0.3) is 0 Å². The molecule has 0 fully saturated rings. The number of rotatable bonds is 5. The van der Waals surface area contributed by atoms with Gasteiger partial charge in [-0.1, -0.05) is 6.92 Å². The van der Waals surface area contributed by atoms with E-state index in [9.17, 15) is 4.79 Å². The summed E-state index contributed by atoms with van der Waals surface area (Å²) < 4.78 is 0. The van der Waals surface area contributed by atoms with Gasteiger partial charge in [-0.25, -0.2) is 9.97 Å². The van der Waals surface area contributed by atoms with Gasteiger partial charge >= 0.3 is 0 Å². The number of carbonyl (C=O) groups excluding carboxylic acids is 1. The first-order valence-electron chi connectivity index (χ1n) is 7.12. The number of likely N-dealkylation sites (N-methyl/N-ethyl adjacent to an activating group) is 1. The molecule has 1 aliphatic rings. The third kappa shape index (κ3) is 3.25. The van der Waals surface area contributed by atoms with E-state index in [0.717, 1.165) is 49.6 Å². The highest BCUT2D eigenvalue weighted by molar-refractivity contribution is 5.81. The van der Waals surface area contributed by atoms with Crippen molar-refractivity contribution in [3.8, 4) is 0 Å². The quantitative estimate of drug-likeness (QED) is 0.845. The summed E-state index contributed by atoms with van der Waals surface area (Å²) in [7, 11) is 3.56. The molecule has 0 atom stereocenters. The molecule has 1 aromatic heterocycles. The summed E-state index contributed by atoms with van der Waals surface area (Å²) >= 11 is 0. The highest BCUT2D eigenvalue weighted by Gasteiger charge is 2.21. The molecule has 0 radical (unpaired) electrons. The highest BCUT2D eigenvalue weighted by Crippen LogP contribution is 2.22. The second-order valence-electron chi connectivity index (χ2n) is 5.26.